The molecule has 3 aromatic heterocycles. The molecule has 0 aliphatic carbocycles. The van der Waals surface area contributed by atoms with Gasteiger partial charge in [-0.2, -0.15) is 9.36 Å². The van der Waals surface area contributed by atoms with E-state index < -0.39 is 29.2 Å². The lowest BCUT2D eigenvalue weighted by Crippen LogP contribution is -2.71. The molecule has 0 radical (unpaired) electrons. The number of pyridine rings is 1. The van der Waals surface area contributed by atoms with E-state index in [0.29, 0.717) is 23.5 Å². The van der Waals surface area contributed by atoms with Crippen molar-refractivity contribution in [2.24, 2.45) is 10.9 Å². The van der Waals surface area contributed by atoms with E-state index in [1.54, 1.807) is 19.4 Å². The summed E-state index contributed by atoms with van der Waals surface area (Å²) in [6.07, 6.45) is 4.33. The van der Waals surface area contributed by atoms with E-state index in [0.717, 1.165) is 28.4 Å². The van der Waals surface area contributed by atoms with Crippen LogP contribution in [0.15, 0.2) is 41.1 Å². The van der Waals surface area contributed by atoms with Gasteiger partial charge < -0.3 is 36.1 Å². The second kappa shape index (κ2) is 11.8. The molecule has 5 heterocycles. The Kier molecular flexibility index (Phi) is 8.18. The Balaban J connectivity index is 1.37. The Morgan fingerprint density at radius 1 is 1.39 bits per heavy atom. The molecule has 2 amide bonds. The summed E-state index contributed by atoms with van der Waals surface area (Å²) in [5, 5.41) is 18.2. The van der Waals surface area contributed by atoms with Crippen molar-refractivity contribution >= 4 is 63.1 Å². The van der Waals surface area contributed by atoms with Crippen molar-refractivity contribution in [2.75, 3.05) is 18.1 Å². The first-order valence-electron chi connectivity index (χ1n) is 12.8. The molecule has 2 unspecified atom stereocenters. The minimum Gasteiger partial charge on any atom is -0.543 e. The van der Waals surface area contributed by atoms with Crippen LogP contribution in [0.5, 0.6) is 0 Å². The molecule has 15 nitrogen and oxygen atoms in total. The Hall–Kier alpha value is -4.09. The van der Waals surface area contributed by atoms with Gasteiger partial charge in [0.05, 0.1) is 17.9 Å². The van der Waals surface area contributed by atoms with Crippen LogP contribution in [0.2, 0.25) is 0 Å². The van der Waals surface area contributed by atoms with Crippen LogP contribution in [-0.2, 0) is 32.3 Å². The second-order valence-electron chi connectivity index (χ2n) is 9.32. The number of nitrogen functional groups attached to an aromatic ring is 1. The number of fused-ring (bicyclic) bond motifs is 2. The van der Waals surface area contributed by atoms with Gasteiger partial charge in [0.2, 0.25) is 17.9 Å². The smallest absolute Gasteiger partial charge is 0.349 e. The van der Waals surface area contributed by atoms with Gasteiger partial charge in [0.15, 0.2) is 5.13 Å². The SMILES string of the molecule is CCO/N=C(\C(=O)NC1C(=O)N2C(C(=O)[O-])=C(C[n+]3cccc4c3ncn4C[C@@H](N)CC)CSC12)c1nsc(N)n1. The van der Waals surface area contributed by atoms with Crippen LogP contribution < -0.4 is 26.5 Å². The number of anilines is 1. The average Bonchev–Trinajstić information content (AvgIpc) is 3.58. The molecule has 0 aromatic carbocycles. The second-order valence-corrected chi connectivity index (χ2v) is 11.2. The highest BCUT2D eigenvalue weighted by Crippen LogP contribution is 2.40. The van der Waals surface area contributed by atoms with Gasteiger partial charge in [-0.15, -0.1) is 11.8 Å². The standard InChI is InChI=1S/C24H28N10O5S2/c1-3-13(25)9-33-11-27-19-14(33)6-5-7-32(19)8-12-10-40-22-16(21(36)34(22)17(12)23(37)38)28-20(35)15(30-39-4-2)18-29-24(26)41-31-18/h5-7,11,13,16,22H,3-4,8-10,25H2,1-2H3,(H3-,26,28,29,31,35,37,38)/b30-15-/t13-,16?,22?/m0/s1. The fourth-order valence-corrected chi connectivity index (χ4v) is 6.36. The number of nitrogens with zero attached hydrogens (tertiary/aromatic N) is 7. The number of aromatic nitrogens is 5. The summed E-state index contributed by atoms with van der Waals surface area (Å²) in [6, 6.07) is 2.75. The van der Waals surface area contributed by atoms with Gasteiger partial charge in [-0.3, -0.25) is 14.5 Å². The van der Waals surface area contributed by atoms with Gasteiger partial charge >= 0.3 is 5.65 Å². The van der Waals surface area contributed by atoms with Gasteiger partial charge in [0.25, 0.3) is 11.8 Å². The quantitative estimate of drug-likeness (QED) is 0.0981. The minimum atomic E-state index is -1.48. The molecule has 41 heavy (non-hydrogen) atoms. The third-order valence-corrected chi connectivity index (χ3v) is 8.53. The van der Waals surface area contributed by atoms with Crippen LogP contribution in [-0.4, -0.2) is 77.1 Å². The van der Waals surface area contributed by atoms with Crippen molar-refractivity contribution in [2.45, 2.75) is 50.8 Å². The van der Waals surface area contributed by atoms with Crippen LogP contribution in [0.1, 0.15) is 26.1 Å². The van der Waals surface area contributed by atoms with E-state index in [2.05, 4.69) is 24.8 Å². The average molecular weight is 601 g/mol. The summed E-state index contributed by atoms with van der Waals surface area (Å²) in [5.74, 6) is -2.56. The van der Waals surface area contributed by atoms with E-state index >= 15 is 0 Å². The summed E-state index contributed by atoms with van der Waals surface area (Å²) in [5.41, 5.74) is 13.3. The highest BCUT2D eigenvalue weighted by atomic mass is 32.2. The normalized spacial score (nSPS) is 19.6. The number of aliphatic carboxylic acids is 1. The summed E-state index contributed by atoms with van der Waals surface area (Å²) < 4.78 is 7.78. The predicted molar refractivity (Wildman–Crippen MR) is 148 cm³/mol. The molecule has 2 aliphatic rings. The van der Waals surface area contributed by atoms with E-state index in [1.807, 2.05) is 28.2 Å². The molecule has 0 saturated carbocycles. The Morgan fingerprint density at radius 2 is 2.20 bits per heavy atom. The molecule has 3 atom stereocenters. The summed E-state index contributed by atoms with van der Waals surface area (Å²) in [6.45, 7) is 4.66. The molecular weight excluding hydrogens is 572 g/mol. The topological polar surface area (TPSA) is 211 Å². The van der Waals surface area contributed by atoms with Gasteiger partial charge in [0.1, 0.15) is 30.1 Å². The van der Waals surface area contributed by atoms with E-state index in [9.17, 15) is 19.5 Å². The zero-order valence-electron chi connectivity index (χ0n) is 22.2. The van der Waals surface area contributed by atoms with Gasteiger partial charge in [-0.05, 0) is 30.5 Å². The summed E-state index contributed by atoms with van der Waals surface area (Å²) in [4.78, 5) is 53.2. The highest BCUT2D eigenvalue weighted by molar-refractivity contribution is 8.00. The van der Waals surface area contributed by atoms with Crippen LogP contribution in [0.25, 0.3) is 11.2 Å². The number of carboxylic acids is 1. The van der Waals surface area contributed by atoms with Crippen LogP contribution in [0, 0.1) is 0 Å². The first kappa shape index (κ1) is 28.4. The van der Waals surface area contributed by atoms with Gasteiger partial charge in [-0.1, -0.05) is 12.1 Å². The number of β-lactam (4-membered cyclic amide) rings is 1. The number of imidazole rings is 1. The lowest BCUT2D eigenvalue weighted by atomic mass is 10.0. The number of amides is 2. The van der Waals surface area contributed by atoms with E-state index in [-0.39, 0.29) is 41.6 Å². The zero-order valence-corrected chi connectivity index (χ0v) is 23.9. The van der Waals surface area contributed by atoms with Crippen molar-refractivity contribution in [3.05, 3.63) is 41.8 Å². The van der Waals surface area contributed by atoms with Crippen LogP contribution in [0.3, 0.4) is 0 Å². The molecule has 2 aliphatic heterocycles. The Labute approximate surface area is 242 Å². The first-order valence-corrected chi connectivity index (χ1v) is 14.6. The summed E-state index contributed by atoms with van der Waals surface area (Å²) in [7, 11) is 0. The third-order valence-electron chi connectivity index (χ3n) is 6.65. The number of hydrogen-bond acceptors (Lipinski definition) is 13. The zero-order chi connectivity index (χ0) is 29.3. The fraction of sp³-hybridized carbons (Fsp3) is 0.417. The number of oxime groups is 1. The highest BCUT2D eigenvalue weighted by Gasteiger charge is 2.53. The van der Waals surface area contributed by atoms with E-state index in [1.165, 1.54) is 11.8 Å². The lowest BCUT2D eigenvalue weighted by Gasteiger charge is -2.50. The number of nitrogens with two attached hydrogens (primary N) is 2. The number of thioether (sulfide) groups is 1. The maximum Gasteiger partial charge on any atom is 0.349 e. The molecule has 17 heteroatoms. The molecule has 216 valence electrons. The van der Waals surface area contributed by atoms with Crippen molar-refractivity contribution in [1.82, 2.24) is 29.1 Å². The molecule has 5 N–H and O–H groups in total. The summed E-state index contributed by atoms with van der Waals surface area (Å²) >= 11 is 2.21. The van der Waals surface area contributed by atoms with Crippen molar-refractivity contribution in [3.8, 4) is 0 Å². The monoisotopic (exact) mass is 600 g/mol. The number of rotatable bonds is 11. The van der Waals surface area contributed by atoms with Crippen molar-refractivity contribution < 1.29 is 28.9 Å². The van der Waals surface area contributed by atoms with Crippen LogP contribution in [0.4, 0.5) is 5.13 Å². The lowest BCUT2D eigenvalue weighted by molar-refractivity contribution is -0.664. The number of carboxylic acid groups (broad SMARTS) is 1. The third kappa shape index (κ3) is 5.47. The van der Waals surface area contributed by atoms with Gasteiger partial charge in [-0.25, -0.2) is 4.57 Å². The Bertz CT molecular complexity index is 1570. The fourth-order valence-electron chi connectivity index (χ4n) is 4.59. The molecular formula is C24H28N10O5S2. The largest absolute Gasteiger partial charge is 0.543 e. The Morgan fingerprint density at radius 3 is 2.88 bits per heavy atom. The molecule has 0 bridgehead atoms. The predicted octanol–water partition coefficient (Wildman–Crippen LogP) is -1.66. The maximum absolute atomic E-state index is 13.2. The van der Waals surface area contributed by atoms with Gasteiger partial charge in [0, 0.05) is 35.4 Å². The van der Waals surface area contributed by atoms with Crippen molar-refractivity contribution in [3.63, 3.8) is 0 Å². The molecule has 5 rings (SSSR count). The van der Waals surface area contributed by atoms with Crippen molar-refractivity contribution in [1.29, 1.82) is 0 Å². The first-order chi connectivity index (χ1) is 19.7. The van der Waals surface area contributed by atoms with Crippen LogP contribution >= 0.6 is 23.3 Å². The maximum atomic E-state index is 13.2. The van der Waals surface area contributed by atoms with E-state index in [4.69, 9.17) is 16.3 Å². The number of carbonyl (C=O) groups excluding carboxylic acids is 3. The molecule has 1 fully saturated rings. The molecule has 0 spiro atoms. The molecule has 1 saturated heterocycles. The minimum absolute atomic E-state index is 0.0246. The number of carbonyl (C=O) groups is 3. The molecule has 3 aromatic rings. The number of nitrogens with one attached hydrogen (secondary N) is 1. The number of hydrogen-bond donors (Lipinski definition) is 3.